The van der Waals surface area contributed by atoms with E-state index in [0.29, 0.717) is 6.42 Å². The van der Waals surface area contributed by atoms with Gasteiger partial charge < -0.3 is 0 Å². The molecule has 2 aliphatic rings. The Hall–Kier alpha value is -1.51. The molecule has 0 heterocycles. The highest BCUT2D eigenvalue weighted by molar-refractivity contribution is 5.86. The third kappa shape index (κ3) is 1.61. The molecule has 3 heteroatoms. The zero-order valence-electron chi connectivity index (χ0n) is 9.90. The first-order valence-electron chi connectivity index (χ1n) is 6.22. The molecule has 0 bridgehead atoms. The number of carbonyl (C=O) groups is 1. The highest BCUT2D eigenvalue weighted by Crippen LogP contribution is 2.47. The van der Waals surface area contributed by atoms with Crippen molar-refractivity contribution >= 4 is 11.9 Å². The molecule has 2 atom stereocenters. The Morgan fingerprint density at radius 2 is 2.06 bits per heavy atom. The minimum Gasteiger partial charge on any atom is -0.299 e. The van der Waals surface area contributed by atoms with Gasteiger partial charge >= 0.3 is 0 Å². The Balaban J connectivity index is 1.93. The van der Waals surface area contributed by atoms with Crippen molar-refractivity contribution in [3.8, 4) is 0 Å². The van der Waals surface area contributed by atoms with Crippen LogP contribution in [0.1, 0.15) is 30.4 Å². The van der Waals surface area contributed by atoms with Gasteiger partial charge in [-0.2, -0.15) is 0 Å². The average Bonchev–Trinajstić information content (AvgIpc) is 2.69. The summed E-state index contributed by atoms with van der Waals surface area (Å²) in [5.41, 5.74) is 1.91. The minimum absolute atomic E-state index is 0.218. The van der Waals surface area contributed by atoms with Gasteiger partial charge in [-0.15, -0.1) is 0 Å². The number of ketones is 1. The summed E-state index contributed by atoms with van der Waals surface area (Å²) in [5.74, 6) is -1.35. The van der Waals surface area contributed by atoms with Crippen molar-refractivity contribution < 1.29 is 13.6 Å². The molecule has 1 aromatic carbocycles. The first-order chi connectivity index (χ1) is 8.62. The van der Waals surface area contributed by atoms with Crippen LogP contribution >= 0.6 is 0 Å². The van der Waals surface area contributed by atoms with Crippen LogP contribution in [0.3, 0.4) is 0 Å². The third-order valence-electron chi connectivity index (χ3n) is 4.19. The van der Waals surface area contributed by atoms with Gasteiger partial charge in [0.15, 0.2) is 0 Å². The van der Waals surface area contributed by atoms with E-state index in [1.165, 1.54) is 0 Å². The van der Waals surface area contributed by atoms with Gasteiger partial charge in [0.1, 0.15) is 5.78 Å². The van der Waals surface area contributed by atoms with Crippen LogP contribution in [-0.4, -0.2) is 12.2 Å². The second-order valence-electron chi connectivity index (χ2n) is 5.20. The number of allylic oxidation sites excluding steroid dienone is 1. The van der Waals surface area contributed by atoms with Crippen LogP contribution in [-0.2, 0) is 10.2 Å². The Labute approximate surface area is 105 Å². The van der Waals surface area contributed by atoms with Crippen molar-refractivity contribution in [3.05, 3.63) is 41.5 Å². The zero-order valence-corrected chi connectivity index (χ0v) is 9.90. The molecule has 0 aromatic heterocycles. The van der Waals surface area contributed by atoms with Crippen molar-refractivity contribution in [1.29, 1.82) is 0 Å². The lowest BCUT2D eigenvalue weighted by molar-refractivity contribution is -0.131. The van der Waals surface area contributed by atoms with Gasteiger partial charge in [-0.25, -0.2) is 8.78 Å². The van der Waals surface area contributed by atoms with Gasteiger partial charge in [0.05, 0.1) is 5.92 Å². The van der Waals surface area contributed by atoms with Crippen molar-refractivity contribution in [3.63, 3.8) is 0 Å². The number of halogens is 2. The second kappa shape index (κ2) is 4.01. The van der Waals surface area contributed by atoms with Crippen molar-refractivity contribution in [2.75, 3.05) is 0 Å². The maximum absolute atomic E-state index is 12.7. The Bertz CT molecular complexity index is 521. The first kappa shape index (κ1) is 11.6. The van der Waals surface area contributed by atoms with E-state index in [2.05, 4.69) is 0 Å². The van der Waals surface area contributed by atoms with Crippen LogP contribution < -0.4 is 0 Å². The topological polar surface area (TPSA) is 17.1 Å². The molecular formula is C15H14F2O. The SMILES string of the molecule is O=C1CC2(C=Cc3ccccc32)CCC1C(F)F. The molecule has 0 radical (unpaired) electrons. The molecule has 3 rings (SSSR count). The van der Waals surface area contributed by atoms with Gasteiger partial charge in [-0.1, -0.05) is 36.4 Å². The summed E-state index contributed by atoms with van der Waals surface area (Å²) in [6, 6.07) is 7.90. The lowest BCUT2D eigenvalue weighted by Crippen LogP contribution is -2.38. The summed E-state index contributed by atoms with van der Waals surface area (Å²) in [4.78, 5) is 11.9. The zero-order chi connectivity index (χ0) is 12.8. The normalized spacial score (nSPS) is 30.2. The Kier molecular flexibility index (Phi) is 2.58. The first-order valence-corrected chi connectivity index (χ1v) is 6.22. The Morgan fingerprint density at radius 1 is 1.28 bits per heavy atom. The molecule has 18 heavy (non-hydrogen) atoms. The van der Waals surface area contributed by atoms with Gasteiger partial charge in [0.25, 0.3) is 0 Å². The molecule has 1 saturated carbocycles. The highest BCUT2D eigenvalue weighted by Gasteiger charge is 2.44. The lowest BCUT2D eigenvalue weighted by Gasteiger charge is -2.35. The van der Waals surface area contributed by atoms with Crippen molar-refractivity contribution in [2.24, 2.45) is 5.92 Å². The molecule has 1 nitrogen and oxygen atoms in total. The fourth-order valence-electron chi connectivity index (χ4n) is 3.18. The average molecular weight is 248 g/mol. The Morgan fingerprint density at radius 3 is 2.78 bits per heavy atom. The van der Waals surface area contributed by atoms with Crippen LogP contribution in [0.4, 0.5) is 8.78 Å². The van der Waals surface area contributed by atoms with Crippen LogP contribution in [0.15, 0.2) is 30.3 Å². The number of fused-ring (bicyclic) bond motifs is 2. The van der Waals surface area contributed by atoms with Gasteiger partial charge in [-0.05, 0) is 24.0 Å². The summed E-state index contributed by atoms with van der Waals surface area (Å²) in [6.07, 6.45) is 2.66. The molecule has 0 amide bonds. The molecule has 2 unspecified atom stereocenters. The standard InChI is InChI=1S/C15H14F2O/c16-14(17)11-6-8-15(9-13(11)18)7-5-10-3-1-2-4-12(10)15/h1-5,7,11,14H,6,8-9H2. The summed E-state index contributed by atoms with van der Waals surface area (Å²) < 4.78 is 25.4. The van der Waals surface area contributed by atoms with E-state index in [4.69, 9.17) is 0 Å². The lowest BCUT2D eigenvalue weighted by atomic mass is 9.67. The van der Waals surface area contributed by atoms with Gasteiger partial charge in [0, 0.05) is 11.8 Å². The molecular weight excluding hydrogens is 234 g/mol. The van der Waals surface area contributed by atoms with E-state index < -0.39 is 12.3 Å². The minimum atomic E-state index is -2.52. The van der Waals surface area contributed by atoms with Gasteiger partial charge in [-0.3, -0.25) is 4.79 Å². The predicted molar refractivity (Wildman–Crippen MR) is 65.5 cm³/mol. The summed E-state index contributed by atoms with van der Waals surface area (Å²) >= 11 is 0. The number of rotatable bonds is 1. The number of carbonyl (C=O) groups excluding carboxylic acids is 1. The maximum atomic E-state index is 12.7. The largest absolute Gasteiger partial charge is 0.299 e. The predicted octanol–water partition coefficient (Wildman–Crippen LogP) is 3.59. The van der Waals surface area contributed by atoms with Gasteiger partial charge in [0.2, 0.25) is 6.43 Å². The maximum Gasteiger partial charge on any atom is 0.248 e. The quantitative estimate of drug-likeness (QED) is 0.742. The summed E-state index contributed by atoms with van der Waals surface area (Å²) in [7, 11) is 0. The molecule has 2 aliphatic carbocycles. The van der Waals surface area contributed by atoms with E-state index in [9.17, 15) is 13.6 Å². The molecule has 0 aliphatic heterocycles. The number of hydrogen-bond acceptors (Lipinski definition) is 1. The van der Waals surface area contributed by atoms with Crippen LogP contribution in [0.5, 0.6) is 0 Å². The smallest absolute Gasteiger partial charge is 0.248 e. The van der Waals surface area contributed by atoms with Crippen LogP contribution in [0, 0.1) is 5.92 Å². The van der Waals surface area contributed by atoms with E-state index in [0.717, 1.165) is 11.1 Å². The number of hydrogen-bond donors (Lipinski definition) is 0. The molecule has 1 spiro atoms. The van der Waals surface area contributed by atoms with E-state index in [-0.39, 0.29) is 24.0 Å². The second-order valence-corrected chi connectivity index (χ2v) is 5.20. The van der Waals surface area contributed by atoms with Crippen LogP contribution in [0.25, 0.3) is 6.08 Å². The van der Waals surface area contributed by atoms with Crippen molar-refractivity contribution in [1.82, 2.24) is 0 Å². The molecule has 0 saturated heterocycles. The number of benzene rings is 1. The molecule has 1 fully saturated rings. The summed E-state index contributed by atoms with van der Waals surface area (Å²) in [6.45, 7) is 0. The monoisotopic (exact) mass is 248 g/mol. The fraction of sp³-hybridized carbons (Fsp3) is 0.400. The number of Topliss-reactive ketones (excluding diaryl/α,β-unsaturated/α-hetero) is 1. The number of alkyl halides is 2. The van der Waals surface area contributed by atoms with Crippen LogP contribution in [0.2, 0.25) is 0 Å². The summed E-state index contributed by atoms with van der Waals surface area (Å²) in [5, 5.41) is 0. The van der Waals surface area contributed by atoms with E-state index in [1.807, 2.05) is 36.4 Å². The fourth-order valence-corrected chi connectivity index (χ4v) is 3.18. The van der Waals surface area contributed by atoms with Crippen molar-refractivity contribution in [2.45, 2.75) is 31.1 Å². The van der Waals surface area contributed by atoms with E-state index >= 15 is 0 Å². The third-order valence-corrected chi connectivity index (χ3v) is 4.19. The highest BCUT2D eigenvalue weighted by atomic mass is 19.3. The molecule has 1 aromatic rings. The van der Waals surface area contributed by atoms with E-state index in [1.54, 1.807) is 0 Å². The molecule has 0 N–H and O–H groups in total. The molecule has 94 valence electrons.